The van der Waals surface area contributed by atoms with E-state index in [1.54, 1.807) is 32.0 Å². The Morgan fingerprint density at radius 2 is 1.91 bits per heavy atom. The lowest BCUT2D eigenvalue weighted by molar-refractivity contribution is -0.120. The van der Waals surface area contributed by atoms with Crippen molar-refractivity contribution in [3.8, 4) is 11.4 Å². The van der Waals surface area contributed by atoms with Crippen molar-refractivity contribution >= 4 is 21.6 Å². The maximum absolute atomic E-state index is 13.6. The number of rotatable bonds is 5. The topological polar surface area (TPSA) is 105 Å². The minimum absolute atomic E-state index is 0.143. The van der Waals surface area contributed by atoms with E-state index in [2.05, 4.69) is 15.5 Å². The van der Waals surface area contributed by atoms with Crippen LogP contribution in [-0.4, -0.2) is 41.9 Å². The number of amides is 1. The molecule has 0 radical (unpaired) electrons. The van der Waals surface area contributed by atoms with Crippen LogP contribution in [0.4, 0.5) is 5.69 Å². The molecule has 1 aromatic heterocycles. The Hall–Kier alpha value is -3.04. The number of anilines is 1. The SMILES string of the molecule is Cc1nc(-c2ccc(C)c(S(=O)(=O)N3CCCC(C(=O)Nc4cccc(C)c4C)C3)c2)no1. The molecular weight excluding hydrogens is 440 g/mol. The molecule has 0 saturated carbocycles. The second-order valence-electron chi connectivity index (χ2n) is 8.56. The van der Waals surface area contributed by atoms with Crippen LogP contribution in [0.15, 0.2) is 45.8 Å². The summed E-state index contributed by atoms with van der Waals surface area (Å²) < 4.78 is 33.5. The maximum Gasteiger partial charge on any atom is 0.243 e. The number of carbonyl (C=O) groups excluding carboxylic acids is 1. The highest BCUT2D eigenvalue weighted by Crippen LogP contribution is 2.29. The monoisotopic (exact) mass is 468 g/mol. The predicted molar refractivity (Wildman–Crippen MR) is 125 cm³/mol. The van der Waals surface area contributed by atoms with Crippen LogP contribution in [0, 0.1) is 33.6 Å². The molecular formula is C24H28N4O4S. The van der Waals surface area contributed by atoms with Crippen molar-refractivity contribution in [1.29, 1.82) is 0 Å². The van der Waals surface area contributed by atoms with Crippen molar-refractivity contribution in [3.05, 3.63) is 59.0 Å². The summed E-state index contributed by atoms with van der Waals surface area (Å²) in [5, 5.41) is 6.88. The van der Waals surface area contributed by atoms with Crippen LogP contribution in [0.1, 0.15) is 35.4 Å². The summed E-state index contributed by atoms with van der Waals surface area (Å²) in [6.45, 7) is 7.91. The first-order valence-electron chi connectivity index (χ1n) is 11.0. The molecule has 174 valence electrons. The molecule has 1 fully saturated rings. The first kappa shape index (κ1) is 23.1. The van der Waals surface area contributed by atoms with E-state index in [1.807, 2.05) is 32.0 Å². The van der Waals surface area contributed by atoms with Crippen LogP contribution >= 0.6 is 0 Å². The average molecular weight is 469 g/mol. The van der Waals surface area contributed by atoms with E-state index in [0.29, 0.717) is 42.2 Å². The Kier molecular flexibility index (Phi) is 6.36. The smallest absolute Gasteiger partial charge is 0.243 e. The van der Waals surface area contributed by atoms with Crippen molar-refractivity contribution in [2.45, 2.75) is 45.4 Å². The van der Waals surface area contributed by atoms with Gasteiger partial charge in [-0.15, -0.1) is 0 Å². The predicted octanol–water partition coefficient (Wildman–Crippen LogP) is 4.01. The van der Waals surface area contributed by atoms with Gasteiger partial charge in [0.15, 0.2) is 0 Å². The lowest BCUT2D eigenvalue weighted by atomic mass is 9.98. The Balaban J connectivity index is 1.56. The molecule has 4 rings (SSSR count). The number of aromatic nitrogens is 2. The van der Waals surface area contributed by atoms with Crippen molar-refractivity contribution < 1.29 is 17.7 Å². The van der Waals surface area contributed by atoms with Gasteiger partial charge in [-0.3, -0.25) is 4.79 Å². The van der Waals surface area contributed by atoms with Crippen LogP contribution < -0.4 is 5.32 Å². The standard InChI is InChI=1S/C24H28N4O4S/c1-15-7-5-9-21(17(15)3)26-24(29)20-8-6-12-28(14-20)33(30,31)22-13-19(11-10-16(22)2)23-25-18(4)32-27-23/h5,7,9-11,13,20H,6,8,12,14H2,1-4H3,(H,26,29). The van der Waals surface area contributed by atoms with Gasteiger partial charge in [-0.05, 0) is 62.4 Å². The number of aryl methyl sites for hydroxylation is 3. The maximum atomic E-state index is 13.6. The second kappa shape index (κ2) is 9.07. The fraction of sp³-hybridized carbons (Fsp3) is 0.375. The Morgan fingerprint density at radius 3 is 2.64 bits per heavy atom. The van der Waals surface area contributed by atoms with Gasteiger partial charge in [0.1, 0.15) is 0 Å². The minimum Gasteiger partial charge on any atom is -0.339 e. The van der Waals surface area contributed by atoms with Gasteiger partial charge in [0.25, 0.3) is 0 Å². The van der Waals surface area contributed by atoms with Crippen LogP contribution in [-0.2, 0) is 14.8 Å². The first-order valence-corrected chi connectivity index (χ1v) is 12.4. The van der Waals surface area contributed by atoms with Gasteiger partial charge in [-0.1, -0.05) is 29.4 Å². The fourth-order valence-electron chi connectivity index (χ4n) is 4.07. The number of sulfonamides is 1. The van der Waals surface area contributed by atoms with Gasteiger partial charge in [-0.25, -0.2) is 8.42 Å². The van der Waals surface area contributed by atoms with Crippen LogP contribution in [0.5, 0.6) is 0 Å². The summed E-state index contributed by atoms with van der Waals surface area (Å²) >= 11 is 0. The highest BCUT2D eigenvalue weighted by atomic mass is 32.2. The Labute approximate surface area is 194 Å². The van der Waals surface area contributed by atoms with Crippen molar-refractivity contribution in [2.75, 3.05) is 18.4 Å². The van der Waals surface area contributed by atoms with Gasteiger partial charge in [-0.2, -0.15) is 9.29 Å². The lowest BCUT2D eigenvalue weighted by Crippen LogP contribution is -2.43. The van der Waals surface area contributed by atoms with Gasteiger partial charge in [0.05, 0.1) is 10.8 Å². The Bertz CT molecular complexity index is 1300. The number of nitrogens with zero attached hydrogens (tertiary/aromatic N) is 3. The number of carbonyl (C=O) groups is 1. The molecule has 33 heavy (non-hydrogen) atoms. The lowest BCUT2D eigenvalue weighted by Gasteiger charge is -2.31. The van der Waals surface area contributed by atoms with Gasteiger partial charge >= 0.3 is 0 Å². The van der Waals surface area contributed by atoms with E-state index in [-0.39, 0.29) is 17.3 Å². The Morgan fingerprint density at radius 1 is 1.12 bits per heavy atom. The third-order valence-electron chi connectivity index (χ3n) is 6.21. The summed E-state index contributed by atoms with van der Waals surface area (Å²) in [5.74, 6) is 0.171. The minimum atomic E-state index is -3.80. The van der Waals surface area contributed by atoms with Crippen molar-refractivity contribution in [1.82, 2.24) is 14.4 Å². The summed E-state index contributed by atoms with van der Waals surface area (Å²) in [6.07, 6.45) is 1.26. The molecule has 1 aliphatic rings. The number of hydrogen-bond donors (Lipinski definition) is 1. The van der Waals surface area contributed by atoms with E-state index in [0.717, 1.165) is 16.8 Å². The fourth-order valence-corrected chi connectivity index (χ4v) is 5.84. The third-order valence-corrected chi connectivity index (χ3v) is 8.22. The molecule has 1 saturated heterocycles. The molecule has 1 N–H and O–H groups in total. The average Bonchev–Trinajstić information content (AvgIpc) is 3.23. The van der Waals surface area contributed by atoms with E-state index in [4.69, 9.17) is 4.52 Å². The molecule has 1 atom stereocenters. The third kappa shape index (κ3) is 4.69. The first-order chi connectivity index (χ1) is 15.7. The largest absolute Gasteiger partial charge is 0.339 e. The normalized spacial score (nSPS) is 17.2. The molecule has 9 heteroatoms. The van der Waals surface area contributed by atoms with E-state index in [1.165, 1.54) is 4.31 Å². The van der Waals surface area contributed by atoms with E-state index < -0.39 is 15.9 Å². The summed E-state index contributed by atoms with van der Waals surface area (Å²) in [5.41, 5.74) is 4.06. The number of hydrogen-bond acceptors (Lipinski definition) is 6. The molecule has 0 aliphatic carbocycles. The van der Waals surface area contributed by atoms with Gasteiger partial charge in [0, 0.05) is 31.3 Å². The van der Waals surface area contributed by atoms with Crippen molar-refractivity contribution in [2.24, 2.45) is 5.92 Å². The molecule has 2 aromatic carbocycles. The van der Waals surface area contributed by atoms with Crippen LogP contribution in [0.2, 0.25) is 0 Å². The van der Waals surface area contributed by atoms with Crippen LogP contribution in [0.3, 0.4) is 0 Å². The highest BCUT2D eigenvalue weighted by molar-refractivity contribution is 7.89. The molecule has 8 nitrogen and oxygen atoms in total. The molecule has 1 unspecified atom stereocenters. The second-order valence-corrected chi connectivity index (χ2v) is 10.5. The van der Waals surface area contributed by atoms with E-state index in [9.17, 15) is 13.2 Å². The van der Waals surface area contributed by atoms with E-state index >= 15 is 0 Å². The molecule has 3 aromatic rings. The highest BCUT2D eigenvalue weighted by Gasteiger charge is 2.34. The molecule has 0 bridgehead atoms. The molecule has 1 amide bonds. The number of benzene rings is 2. The molecule has 2 heterocycles. The summed E-state index contributed by atoms with van der Waals surface area (Å²) in [6, 6.07) is 10.8. The van der Waals surface area contributed by atoms with Gasteiger partial charge in [0.2, 0.25) is 27.6 Å². The zero-order chi connectivity index (χ0) is 23.8. The molecule has 0 spiro atoms. The summed E-state index contributed by atoms with van der Waals surface area (Å²) in [4.78, 5) is 17.4. The van der Waals surface area contributed by atoms with Crippen molar-refractivity contribution in [3.63, 3.8) is 0 Å². The molecule has 1 aliphatic heterocycles. The zero-order valence-electron chi connectivity index (χ0n) is 19.3. The van der Waals surface area contributed by atoms with Gasteiger partial charge < -0.3 is 9.84 Å². The number of piperidine rings is 1. The summed E-state index contributed by atoms with van der Waals surface area (Å²) in [7, 11) is -3.80. The quantitative estimate of drug-likeness (QED) is 0.607. The van der Waals surface area contributed by atoms with Crippen LogP contribution in [0.25, 0.3) is 11.4 Å². The zero-order valence-corrected chi connectivity index (χ0v) is 20.1. The number of nitrogens with one attached hydrogen (secondary N) is 1.